The van der Waals surface area contributed by atoms with Gasteiger partial charge in [-0.25, -0.2) is 4.79 Å². The van der Waals surface area contributed by atoms with Gasteiger partial charge in [-0.15, -0.1) is 0 Å². The second-order valence-electron chi connectivity index (χ2n) is 4.80. The Bertz CT molecular complexity index is 525. The fourth-order valence-corrected chi connectivity index (χ4v) is 1.83. The Balaban J connectivity index is 2.19. The van der Waals surface area contributed by atoms with Crippen molar-refractivity contribution >= 4 is 17.3 Å². The maximum absolute atomic E-state index is 11.1. The molecular weight excluding hydrogens is 252 g/mol. The van der Waals surface area contributed by atoms with Gasteiger partial charge in [-0.05, 0) is 18.9 Å². The highest BCUT2D eigenvalue weighted by Crippen LogP contribution is 2.45. The van der Waals surface area contributed by atoms with E-state index >= 15 is 0 Å². The second kappa shape index (κ2) is 4.85. The highest BCUT2D eigenvalue weighted by atomic mass is 16.6. The molecule has 1 aliphatic rings. The Morgan fingerprint density at radius 1 is 1.47 bits per heavy atom. The van der Waals surface area contributed by atoms with E-state index in [1.54, 1.807) is 0 Å². The van der Waals surface area contributed by atoms with Crippen LogP contribution in [0.3, 0.4) is 0 Å². The van der Waals surface area contributed by atoms with Crippen molar-refractivity contribution in [2.75, 3.05) is 18.5 Å². The molecule has 102 valence electrons. The molecule has 1 aromatic rings. The van der Waals surface area contributed by atoms with Gasteiger partial charge in [0.2, 0.25) is 0 Å². The molecule has 3 N–H and O–H groups in total. The standard InChI is InChI=1S/C12H14N2O5/c15-7-12(3-4-12)6-13-10-2-1-8(14(18)19)5-9(10)11(16)17/h1-2,5,13,15H,3-4,6-7H2,(H,16,17). The normalized spacial score (nSPS) is 15.8. The van der Waals surface area contributed by atoms with Crippen molar-refractivity contribution in [1.82, 2.24) is 0 Å². The number of non-ortho nitro benzene ring substituents is 1. The number of anilines is 1. The van der Waals surface area contributed by atoms with E-state index in [0.29, 0.717) is 12.2 Å². The predicted molar refractivity (Wildman–Crippen MR) is 67.3 cm³/mol. The monoisotopic (exact) mass is 266 g/mol. The zero-order valence-electron chi connectivity index (χ0n) is 10.1. The zero-order chi connectivity index (χ0) is 14.0. The van der Waals surface area contributed by atoms with Crippen LogP contribution in [-0.2, 0) is 0 Å². The first-order valence-corrected chi connectivity index (χ1v) is 5.84. The first-order chi connectivity index (χ1) is 8.97. The van der Waals surface area contributed by atoms with Crippen molar-refractivity contribution < 1.29 is 19.9 Å². The van der Waals surface area contributed by atoms with Crippen LogP contribution in [0.4, 0.5) is 11.4 Å². The molecule has 0 radical (unpaired) electrons. The molecule has 19 heavy (non-hydrogen) atoms. The minimum absolute atomic E-state index is 0.0510. The lowest BCUT2D eigenvalue weighted by Crippen LogP contribution is -2.20. The molecule has 2 rings (SSSR count). The highest BCUT2D eigenvalue weighted by molar-refractivity contribution is 5.95. The summed E-state index contributed by atoms with van der Waals surface area (Å²) in [5, 5.41) is 31.8. The molecular formula is C12H14N2O5. The SMILES string of the molecule is O=C(O)c1cc([N+](=O)[O-])ccc1NCC1(CO)CC1. The van der Waals surface area contributed by atoms with Gasteiger partial charge in [-0.3, -0.25) is 10.1 Å². The van der Waals surface area contributed by atoms with Gasteiger partial charge in [0.1, 0.15) is 0 Å². The van der Waals surface area contributed by atoms with Crippen molar-refractivity contribution in [3.63, 3.8) is 0 Å². The summed E-state index contributed by atoms with van der Waals surface area (Å²) in [6.45, 7) is 0.511. The molecule has 0 atom stereocenters. The zero-order valence-corrected chi connectivity index (χ0v) is 10.1. The number of benzene rings is 1. The number of nitro benzene ring substituents is 1. The molecule has 0 bridgehead atoms. The number of aliphatic hydroxyl groups excluding tert-OH is 1. The van der Waals surface area contributed by atoms with Crippen molar-refractivity contribution in [2.24, 2.45) is 5.41 Å². The number of nitrogens with one attached hydrogen (secondary N) is 1. The van der Waals surface area contributed by atoms with Gasteiger partial charge in [0, 0.05) is 29.8 Å². The molecule has 7 heteroatoms. The van der Waals surface area contributed by atoms with Crippen LogP contribution in [0.15, 0.2) is 18.2 Å². The van der Waals surface area contributed by atoms with E-state index in [-0.39, 0.29) is 23.3 Å². The summed E-state index contributed by atoms with van der Waals surface area (Å²) in [6, 6.07) is 3.67. The van der Waals surface area contributed by atoms with E-state index in [0.717, 1.165) is 18.9 Å². The number of hydrogen-bond donors (Lipinski definition) is 3. The first kappa shape index (κ1) is 13.3. The van der Waals surface area contributed by atoms with E-state index < -0.39 is 10.9 Å². The molecule has 1 aromatic carbocycles. The van der Waals surface area contributed by atoms with Crippen LogP contribution >= 0.6 is 0 Å². The molecule has 1 aliphatic carbocycles. The fourth-order valence-electron chi connectivity index (χ4n) is 1.83. The molecule has 0 saturated heterocycles. The lowest BCUT2D eigenvalue weighted by molar-refractivity contribution is -0.384. The fraction of sp³-hybridized carbons (Fsp3) is 0.417. The Morgan fingerprint density at radius 2 is 2.16 bits per heavy atom. The molecule has 0 spiro atoms. The van der Waals surface area contributed by atoms with Crippen molar-refractivity contribution in [3.8, 4) is 0 Å². The Kier molecular flexibility index (Phi) is 3.39. The molecule has 1 fully saturated rings. The molecule has 0 unspecified atom stereocenters. The number of aliphatic hydroxyl groups is 1. The van der Waals surface area contributed by atoms with Crippen LogP contribution in [-0.4, -0.2) is 34.3 Å². The number of carbonyl (C=O) groups is 1. The number of nitro groups is 1. The Labute approximate surface area is 109 Å². The lowest BCUT2D eigenvalue weighted by Gasteiger charge is -2.15. The lowest BCUT2D eigenvalue weighted by atomic mass is 10.1. The molecule has 7 nitrogen and oxygen atoms in total. The third-order valence-electron chi connectivity index (χ3n) is 3.39. The summed E-state index contributed by atoms with van der Waals surface area (Å²) in [5.41, 5.74) is -0.232. The van der Waals surface area contributed by atoms with E-state index in [1.165, 1.54) is 12.1 Å². The van der Waals surface area contributed by atoms with E-state index in [1.807, 2.05) is 0 Å². The number of rotatable bonds is 6. The number of aromatic carboxylic acids is 1. The maximum Gasteiger partial charge on any atom is 0.338 e. The average molecular weight is 266 g/mol. The maximum atomic E-state index is 11.1. The van der Waals surface area contributed by atoms with Gasteiger partial charge in [-0.2, -0.15) is 0 Å². The van der Waals surface area contributed by atoms with E-state index in [4.69, 9.17) is 5.11 Å². The second-order valence-corrected chi connectivity index (χ2v) is 4.80. The highest BCUT2D eigenvalue weighted by Gasteiger charge is 2.41. The number of carboxylic acid groups (broad SMARTS) is 1. The first-order valence-electron chi connectivity index (χ1n) is 5.84. The molecule has 0 heterocycles. The molecule has 1 saturated carbocycles. The number of hydrogen-bond acceptors (Lipinski definition) is 5. The van der Waals surface area contributed by atoms with Gasteiger partial charge in [0.15, 0.2) is 0 Å². The van der Waals surface area contributed by atoms with Crippen LogP contribution in [0, 0.1) is 15.5 Å². The summed E-state index contributed by atoms with van der Waals surface area (Å²) in [4.78, 5) is 21.1. The number of nitrogens with zero attached hydrogens (tertiary/aromatic N) is 1. The summed E-state index contributed by atoms with van der Waals surface area (Å²) in [5.74, 6) is -1.22. The third kappa shape index (κ3) is 2.82. The quantitative estimate of drug-likeness (QED) is 0.531. The number of carboxylic acids is 1. The van der Waals surface area contributed by atoms with Gasteiger partial charge in [0.05, 0.1) is 17.1 Å². The summed E-state index contributed by atoms with van der Waals surface area (Å²) in [7, 11) is 0. The molecule has 0 aliphatic heterocycles. The van der Waals surface area contributed by atoms with Gasteiger partial charge >= 0.3 is 5.97 Å². The summed E-state index contributed by atoms with van der Waals surface area (Å²) < 4.78 is 0. The van der Waals surface area contributed by atoms with Crippen molar-refractivity contribution in [3.05, 3.63) is 33.9 Å². The van der Waals surface area contributed by atoms with Crippen LogP contribution in [0.5, 0.6) is 0 Å². The third-order valence-corrected chi connectivity index (χ3v) is 3.39. The Hall–Kier alpha value is -2.15. The van der Waals surface area contributed by atoms with Gasteiger partial charge in [-0.1, -0.05) is 0 Å². The summed E-state index contributed by atoms with van der Waals surface area (Å²) in [6.07, 6.45) is 1.79. The molecule has 0 aromatic heterocycles. The Morgan fingerprint density at radius 3 is 2.63 bits per heavy atom. The largest absolute Gasteiger partial charge is 0.478 e. The average Bonchev–Trinajstić information content (AvgIpc) is 3.16. The smallest absolute Gasteiger partial charge is 0.338 e. The van der Waals surface area contributed by atoms with E-state index in [2.05, 4.69) is 5.32 Å². The van der Waals surface area contributed by atoms with Crippen LogP contribution < -0.4 is 5.32 Å². The summed E-state index contributed by atoms with van der Waals surface area (Å²) >= 11 is 0. The van der Waals surface area contributed by atoms with Crippen LogP contribution in [0.1, 0.15) is 23.2 Å². The predicted octanol–water partition coefficient (Wildman–Crippen LogP) is 1.48. The molecule has 0 amide bonds. The van der Waals surface area contributed by atoms with Crippen molar-refractivity contribution in [2.45, 2.75) is 12.8 Å². The van der Waals surface area contributed by atoms with Crippen LogP contribution in [0.2, 0.25) is 0 Å². The minimum atomic E-state index is -1.22. The van der Waals surface area contributed by atoms with Gasteiger partial charge in [0.25, 0.3) is 5.69 Å². The topological polar surface area (TPSA) is 113 Å². The van der Waals surface area contributed by atoms with Gasteiger partial charge < -0.3 is 15.5 Å². The van der Waals surface area contributed by atoms with E-state index in [9.17, 15) is 20.0 Å². The van der Waals surface area contributed by atoms with Crippen LogP contribution in [0.25, 0.3) is 0 Å². The van der Waals surface area contributed by atoms with Crippen molar-refractivity contribution in [1.29, 1.82) is 0 Å². The minimum Gasteiger partial charge on any atom is -0.478 e.